The molecule has 1 heterocycles. The van der Waals surface area contributed by atoms with E-state index in [4.69, 9.17) is 10.2 Å². The van der Waals surface area contributed by atoms with E-state index in [-0.39, 0.29) is 11.2 Å². The van der Waals surface area contributed by atoms with Crippen LogP contribution in [0.1, 0.15) is 18.7 Å². The van der Waals surface area contributed by atoms with Crippen LogP contribution in [0.15, 0.2) is 34.9 Å². The third-order valence-corrected chi connectivity index (χ3v) is 3.35. The quantitative estimate of drug-likeness (QED) is 0.884. The number of aromatic nitrogens is 1. The highest BCUT2D eigenvalue weighted by Gasteiger charge is 2.47. The number of rotatable bonds is 3. The third kappa shape index (κ3) is 1.65. The highest BCUT2D eigenvalue weighted by Crippen LogP contribution is 2.47. The third-order valence-electron chi connectivity index (χ3n) is 3.35. The zero-order chi connectivity index (χ0) is 11.9. The van der Waals surface area contributed by atoms with Gasteiger partial charge in [0.2, 0.25) is 5.89 Å². The van der Waals surface area contributed by atoms with E-state index in [1.165, 1.54) is 12.3 Å². The zero-order valence-corrected chi connectivity index (χ0v) is 9.32. The van der Waals surface area contributed by atoms with Crippen LogP contribution in [-0.2, 0) is 5.41 Å². The Labute approximate surface area is 98.5 Å². The molecule has 1 saturated carbocycles. The van der Waals surface area contributed by atoms with E-state index in [0.29, 0.717) is 23.7 Å². The molecular weight excluding hydrogens is 219 g/mol. The predicted molar refractivity (Wildman–Crippen MR) is 61.9 cm³/mol. The second-order valence-corrected chi connectivity index (χ2v) is 4.50. The van der Waals surface area contributed by atoms with Crippen LogP contribution in [0, 0.1) is 5.82 Å². The fraction of sp³-hybridized carbons (Fsp3) is 0.308. The lowest BCUT2D eigenvalue weighted by Crippen LogP contribution is -2.19. The van der Waals surface area contributed by atoms with Crippen LogP contribution in [0.5, 0.6) is 0 Å². The predicted octanol–water partition coefficient (Wildman–Crippen LogP) is 2.47. The lowest BCUT2D eigenvalue weighted by Gasteiger charge is -2.05. The fourth-order valence-electron chi connectivity index (χ4n) is 1.97. The summed E-state index contributed by atoms with van der Waals surface area (Å²) in [7, 11) is 0. The Morgan fingerprint density at radius 1 is 1.35 bits per heavy atom. The number of hydrogen-bond acceptors (Lipinski definition) is 3. The number of oxazole rings is 1. The largest absolute Gasteiger partial charge is 0.448 e. The van der Waals surface area contributed by atoms with Crippen LogP contribution >= 0.6 is 0 Å². The lowest BCUT2D eigenvalue weighted by atomic mass is 10.1. The van der Waals surface area contributed by atoms with E-state index in [1.54, 1.807) is 18.2 Å². The van der Waals surface area contributed by atoms with Crippen LogP contribution in [-0.4, -0.2) is 11.5 Å². The summed E-state index contributed by atoms with van der Waals surface area (Å²) in [6.07, 6.45) is 3.50. The fourth-order valence-corrected chi connectivity index (χ4v) is 1.97. The first-order valence-corrected chi connectivity index (χ1v) is 5.66. The van der Waals surface area contributed by atoms with Crippen LogP contribution < -0.4 is 5.73 Å². The minimum Gasteiger partial charge on any atom is -0.448 e. The highest BCUT2D eigenvalue weighted by molar-refractivity contribution is 5.58. The summed E-state index contributed by atoms with van der Waals surface area (Å²) < 4.78 is 19.0. The van der Waals surface area contributed by atoms with Gasteiger partial charge in [0, 0.05) is 12.1 Å². The van der Waals surface area contributed by atoms with Gasteiger partial charge in [0.25, 0.3) is 0 Å². The van der Waals surface area contributed by atoms with E-state index < -0.39 is 0 Å². The van der Waals surface area contributed by atoms with E-state index >= 15 is 0 Å². The molecule has 17 heavy (non-hydrogen) atoms. The number of nitrogens with zero attached hydrogens (tertiary/aromatic N) is 1. The lowest BCUT2D eigenvalue weighted by molar-refractivity contribution is 0.437. The standard InChI is InChI=1S/C13H13FN2O/c14-10-4-2-1-3-9(10)11-7-17-12(16-11)13(8-15)5-6-13/h1-4,7H,5-6,8,15H2. The van der Waals surface area contributed by atoms with Crippen LogP contribution in [0.3, 0.4) is 0 Å². The van der Waals surface area contributed by atoms with Gasteiger partial charge in [-0.15, -0.1) is 0 Å². The average Bonchev–Trinajstić information content (AvgIpc) is 3.00. The highest BCUT2D eigenvalue weighted by atomic mass is 19.1. The average molecular weight is 232 g/mol. The molecule has 3 nitrogen and oxygen atoms in total. The van der Waals surface area contributed by atoms with Crippen LogP contribution in [0.25, 0.3) is 11.3 Å². The number of benzene rings is 1. The molecule has 4 heteroatoms. The number of nitrogens with two attached hydrogens (primary N) is 1. The van der Waals surface area contributed by atoms with Gasteiger partial charge in [-0.1, -0.05) is 12.1 Å². The van der Waals surface area contributed by atoms with Crippen molar-refractivity contribution in [1.29, 1.82) is 0 Å². The minimum atomic E-state index is -0.287. The van der Waals surface area contributed by atoms with Gasteiger partial charge in [-0.25, -0.2) is 9.37 Å². The molecule has 0 spiro atoms. The topological polar surface area (TPSA) is 52.0 Å². The molecule has 88 valence electrons. The van der Waals surface area contributed by atoms with E-state index in [1.807, 2.05) is 0 Å². The molecule has 0 atom stereocenters. The Morgan fingerprint density at radius 3 is 2.76 bits per heavy atom. The molecule has 0 amide bonds. The summed E-state index contributed by atoms with van der Waals surface area (Å²) in [6.45, 7) is 0.532. The van der Waals surface area contributed by atoms with Crippen molar-refractivity contribution < 1.29 is 8.81 Å². The first kappa shape index (κ1) is 10.5. The molecule has 0 radical (unpaired) electrons. The summed E-state index contributed by atoms with van der Waals surface area (Å²) in [5, 5.41) is 0. The molecule has 2 aromatic rings. The van der Waals surface area contributed by atoms with Gasteiger partial charge < -0.3 is 10.2 Å². The van der Waals surface area contributed by atoms with Gasteiger partial charge in [0.1, 0.15) is 17.8 Å². The molecule has 1 aliphatic rings. The Bertz CT molecular complexity index is 546. The molecule has 0 saturated heterocycles. The molecule has 0 bridgehead atoms. The molecule has 1 fully saturated rings. The summed E-state index contributed by atoms with van der Waals surface area (Å²) >= 11 is 0. The van der Waals surface area contributed by atoms with Gasteiger partial charge in [-0.2, -0.15) is 0 Å². The SMILES string of the molecule is NCC1(c2nc(-c3ccccc3F)co2)CC1. The molecule has 3 rings (SSSR count). The molecular formula is C13H13FN2O. The van der Waals surface area contributed by atoms with Crippen molar-refractivity contribution in [2.75, 3.05) is 6.54 Å². The van der Waals surface area contributed by atoms with E-state index in [2.05, 4.69) is 4.98 Å². The van der Waals surface area contributed by atoms with Crippen molar-refractivity contribution in [1.82, 2.24) is 4.98 Å². The number of hydrogen-bond donors (Lipinski definition) is 1. The maximum absolute atomic E-state index is 13.6. The van der Waals surface area contributed by atoms with Crippen molar-refractivity contribution in [3.8, 4) is 11.3 Å². The summed E-state index contributed by atoms with van der Waals surface area (Å²) in [5.41, 5.74) is 6.62. The van der Waals surface area contributed by atoms with Crippen molar-refractivity contribution >= 4 is 0 Å². The smallest absolute Gasteiger partial charge is 0.202 e. The zero-order valence-electron chi connectivity index (χ0n) is 9.32. The van der Waals surface area contributed by atoms with Crippen LogP contribution in [0.2, 0.25) is 0 Å². The van der Waals surface area contributed by atoms with E-state index in [9.17, 15) is 4.39 Å². The number of halogens is 1. The van der Waals surface area contributed by atoms with Crippen LogP contribution in [0.4, 0.5) is 4.39 Å². The Kier molecular flexibility index (Phi) is 2.26. The second kappa shape index (κ2) is 3.67. The first-order chi connectivity index (χ1) is 8.25. The van der Waals surface area contributed by atoms with Gasteiger partial charge in [0.15, 0.2) is 0 Å². The van der Waals surface area contributed by atoms with Crippen molar-refractivity contribution in [3.63, 3.8) is 0 Å². The van der Waals surface area contributed by atoms with Crippen molar-refractivity contribution in [2.24, 2.45) is 5.73 Å². The normalized spacial score (nSPS) is 17.1. The molecule has 2 N–H and O–H groups in total. The maximum Gasteiger partial charge on any atom is 0.202 e. The van der Waals surface area contributed by atoms with Gasteiger partial charge in [-0.05, 0) is 25.0 Å². The summed E-state index contributed by atoms with van der Waals surface area (Å²) in [6, 6.07) is 6.54. The van der Waals surface area contributed by atoms with Gasteiger partial charge >= 0.3 is 0 Å². The summed E-state index contributed by atoms with van der Waals surface area (Å²) in [5.74, 6) is 0.350. The molecule has 1 aliphatic carbocycles. The van der Waals surface area contributed by atoms with Crippen molar-refractivity contribution in [3.05, 3.63) is 42.2 Å². The molecule has 1 aromatic heterocycles. The van der Waals surface area contributed by atoms with E-state index in [0.717, 1.165) is 12.8 Å². The Balaban J connectivity index is 1.99. The molecule has 0 aliphatic heterocycles. The van der Waals surface area contributed by atoms with Crippen molar-refractivity contribution in [2.45, 2.75) is 18.3 Å². The monoisotopic (exact) mass is 232 g/mol. The Morgan fingerprint density at radius 2 is 2.12 bits per heavy atom. The maximum atomic E-state index is 13.6. The van der Waals surface area contributed by atoms with Gasteiger partial charge in [0.05, 0.1) is 5.41 Å². The first-order valence-electron chi connectivity index (χ1n) is 5.66. The van der Waals surface area contributed by atoms with Gasteiger partial charge in [-0.3, -0.25) is 0 Å². The summed E-state index contributed by atoms with van der Waals surface area (Å²) in [4.78, 5) is 4.36. The Hall–Kier alpha value is -1.68. The molecule has 0 unspecified atom stereocenters. The second-order valence-electron chi connectivity index (χ2n) is 4.50. The minimum absolute atomic E-state index is 0.0937. The molecule has 1 aromatic carbocycles.